The predicted molar refractivity (Wildman–Crippen MR) is 113 cm³/mol. The molecule has 2 saturated carbocycles. The number of allylic oxidation sites excluding steroid dienone is 2. The Morgan fingerprint density at radius 3 is 2.68 bits per heavy atom. The van der Waals surface area contributed by atoms with Gasteiger partial charge in [0.1, 0.15) is 0 Å². The molecular weight excluding hydrogens is 401 g/mol. The SMILES string of the molecule is C[C@]12CCCN(C(=O)C(F)(F)F)C1CC[C@@H]1[C@@H]2CC[C@]2(C)C(c3cccnc3)=CC[C@@H]12. The van der Waals surface area contributed by atoms with Crippen LogP contribution in [0.3, 0.4) is 0 Å². The number of aromatic nitrogens is 1. The Kier molecular flexibility index (Phi) is 4.80. The molecule has 0 spiro atoms. The van der Waals surface area contributed by atoms with Crippen LogP contribution in [-0.4, -0.2) is 34.6 Å². The summed E-state index contributed by atoms with van der Waals surface area (Å²) in [6.45, 7) is 4.80. The van der Waals surface area contributed by atoms with E-state index in [2.05, 4.69) is 31.0 Å². The van der Waals surface area contributed by atoms with Gasteiger partial charge in [0, 0.05) is 25.0 Å². The number of halogens is 3. The number of piperidine rings is 1. The maximum atomic E-state index is 13.3. The minimum Gasteiger partial charge on any atom is -0.331 e. The van der Waals surface area contributed by atoms with Crippen molar-refractivity contribution in [2.75, 3.05) is 6.54 Å². The van der Waals surface area contributed by atoms with Crippen molar-refractivity contribution < 1.29 is 18.0 Å². The number of rotatable bonds is 1. The van der Waals surface area contributed by atoms with Gasteiger partial charge in [0.2, 0.25) is 0 Å². The summed E-state index contributed by atoms with van der Waals surface area (Å²) in [7, 11) is 0. The summed E-state index contributed by atoms with van der Waals surface area (Å²) >= 11 is 0. The van der Waals surface area contributed by atoms with Gasteiger partial charge >= 0.3 is 12.1 Å². The minimum atomic E-state index is -4.78. The molecule has 1 amide bonds. The lowest BCUT2D eigenvalue weighted by Gasteiger charge is -2.62. The Bertz CT molecular complexity index is 898. The van der Waals surface area contributed by atoms with Gasteiger partial charge in [-0.1, -0.05) is 26.0 Å². The van der Waals surface area contributed by atoms with Crippen LogP contribution in [0.25, 0.3) is 5.57 Å². The van der Waals surface area contributed by atoms with Gasteiger partial charge in [-0.25, -0.2) is 0 Å². The second-order valence-corrected chi connectivity index (χ2v) is 10.6. The third kappa shape index (κ3) is 3.07. The van der Waals surface area contributed by atoms with Crippen molar-refractivity contribution in [3.8, 4) is 0 Å². The summed E-state index contributed by atoms with van der Waals surface area (Å²) in [5, 5.41) is 0. The molecule has 1 unspecified atom stereocenters. The monoisotopic (exact) mass is 432 g/mol. The Hall–Kier alpha value is -1.85. The van der Waals surface area contributed by atoms with Crippen molar-refractivity contribution in [1.29, 1.82) is 0 Å². The van der Waals surface area contributed by atoms with Gasteiger partial charge in [0.15, 0.2) is 0 Å². The van der Waals surface area contributed by atoms with E-state index in [4.69, 9.17) is 0 Å². The summed E-state index contributed by atoms with van der Waals surface area (Å²) in [5.74, 6) is -0.224. The van der Waals surface area contributed by atoms with Crippen LogP contribution in [0.5, 0.6) is 0 Å². The molecule has 3 fully saturated rings. The highest BCUT2D eigenvalue weighted by Gasteiger charge is 2.61. The Morgan fingerprint density at radius 1 is 1.16 bits per heavy atom. The van der Waals surface area contributed by atoms with Gasteiger partial charge in [-0.15, -0.1) is 0 Å². The zero-order chi connectivity index (χ0) is 22.0. The molecule has 4 aliphatic rings. The number of nitrogens with zero attached hydrogens (tertiary/aromatic N) is 2. The lowest BCUT2D eigenvalue weighted by Crippen LogP contribution is -2.63. The summed E-state index contributed by atoms with van der Waals surface area (Å²) in [4.78, 5) is 17.7. The highest BCUT2D eigenvalue weighted by molar-refractivity contribution is 5.82. The van der Waals surface area contributed by atoms with Crippen LogP contribution in [0.1, 0.15) is 64.4 Å². The number of hydrogen-bond acceptors (Lipinski definition) is 2. The number of pyridine rings is 1. The van der Waals surface area contributed by atoms with Crippen LogP contribution < -0.4 is 0 Å². The molecule has 0 radical (unpaired) electrons. The largest absolute Gasteiger partial charge is 0.471 e. The molecule has 6 atom stereocenters. The molecule has 1 aromatic heterocycles. The maximum absolute atomic E-state index is 13.3. The summed E-state index contributed by atoms with van der Waals surface area (Å²) in [6.07, 6.45) is 7.66. The molecule has 1 saturated heterocycles. The fourth-order valence-electron chi connectivity index (χ4n) is 8.03. The Balaban J connectivity index is 1.42. The molecular formula is C25H31F3N2O. The average Bonchev–Trinajstić information content (AvgIpc) is 3.09. The van der Waals surface area contributed by atoms with E-state index in [1.54, 1.807) is 6.20 Å². The van der Waals surface area contributed by atoms with Crippen LogP contribution in [0.2, 0.25) is 0 Å². The van der Waals surface area contributed by atoms with Gasteiger partial charge in [0.05, 0.1) is 0 Å². The molecule has 1 aromatic rings. The van der Waals surface area contributed by atoms with Crippen molar-refractivity contribution in [2.24, 2.45) is 28.6 Å². The quantitative estimate of drug-likeness (QED) is 0.556. The topological polar surface area (TPSA) is 33.2 Å². The van der Waals surface area contributed by atoms with E-state index in [0.29, 0.717) is 30.6 Å². The molecule has 31 heavy (non-hydrogen) atoms. The van der Waals surface area contributed by atoms with Gasteiger partial charge < -0.3 is 4.90 Å². The van der Waals surface area contributed by atoms with Crippen molar-refractivity contribution in [2.45, 2.75) is 71.0 Å². The summed E-state index contributed by atoms with van der Waals surface area (Å²) in [6, 6.07) is 3.84. The molecule has 3 nitrogen and oxygen atoms in total. The van der Waals surface area contributed by atoms with E-state index >= 15 is 0 Å². The normalized spacial score (nSPS) is 39.9. The molecule has 0 aromatic carbocycles. The van der Waals surface area contributed by atoms with Gasteiger partial charge in [0.25, 0.3) is 0 Å². The maximum Gasteiger partial charge on any atom is 0.471 e. The standard InChI is InChI=1S/C25H31F3N2O/c1-23-12-10-20-17(19(23)8-7-18(23)16-5-3-13-29-15-16)6-9-21-24(20,2)11-4-14-30(21)22(31)25(26,27)28/h3,5,7,13,15,17,19-21H,4,6,8-12,14H2,1-2H3/t17-,19-,20-,21?,23+,24+/m0/s1. The van der Waals surface area contributed by atoms with Crippen molar-refractivity contribution in [3.63, 3.8) is 0 Å². The van der Waals surface area contributed by atoms with Gasteiger partial charge in [-0.05, 0) is 90.7 Å². The fraction of sp³-hybridized carbons (Fsp3) is 0.680. The van der Waals surface area contributed by atoms with E-state index in [0.717, 1.165) is 32.1 Å². The smallest absolute Gasteiger partial charge is 0.331 e. The number of likely N-dealkylation sites (tertiary alicyclic amines) is 1. The molecule has 6 heteroatoms. The van der Waals surface area contributed by atoms with Gasteiger partial charge in [-0.3, -0.25) is 9.78 Å². The van der Waals surface area contributed by atoms with E-state index in [1.165, 1.54) is 16.0 Å². The van der Waals surface area contributed by atoms with E-state index < -0.39 is 12.1 Å². The first-order valence-corrected chi connectivity index (χ1v) is 11.6. The first-order chi connectivity index (χ1) is 14.7. The van der Waals surface area contributed by atoms with E-state index in [1.807, 2.05) is 12.3 Å². The van der Waals surface area contributed by atoms with Crippen molar-refractivity contribution in [1.82, 2.24) is 9.88 Å². The van der Waals surface area contributed by atoms with Gasteiger partial charge in [-0.2, -0.15) is 13.2 Å². The zero-order valence-electron chi connectivity index (χ0n) is 18.3. The summed E-state index contributed by atoms with van der Waals surface area (Å²) < 4.78 is 39.8. The van der Waals surface area contributed by atoms with E-state index in [9.17, 15) is 18.0 Å². The van der Waals surface area contributed by atoms with Crippen molar-refractivity contribution in [3.05, 3.63) is 36.2 Å². The van der Waals surface area contributed by atoms with Crippen LogP contribution in [0, 0.1) is 28.6 Å². The second kappa shape index (κ2) is 7.08. The molecule has 0 bridgehead atoms. The predicted octanol–water partition coefficient (Wildman–Crippen LogP) is 5.87. The number of fused-ring (bicyclic) bond motifs is 5. The zero-order valence-corrected chi connectivity index (χ0v) is 18.3. The number of amides is 1. The van der Waals surface area contributed by atoms with E-state index in [-0.39, 0.29) is 23.4 Å². The average molecular weight is 433 g/mol. The first-order valence-electron chi connectivity index (χ1n) is 11.6. The summed E-state index contributed by atoms with van der Waals surface area (Å²) in [5.41, 5.74) is 2.48. The molecule has 5 rings (SSSR count). The first kappa shape index (κ1) is 21.0. The molecule has 0 N–H and O–H groups in total. The van der Waals surface area contributed by atoms with Crippen molar-refractivity contribution >= 4 is 11.5 Å². The Labute approximate surface area is 182 Å². The van der Waals surface area contributed by atoms with Crippen LogP contribution in [-0.2, 0) is 4.79 Å². The number of carbonyl (C=O) groups is 1. The lowest BCUT2D eigenvalue weighted by atomic mass is 9.46. The molecule has 3 aliphatic carbocycles. The highest BCUT2D eigenvalue weighted by atomic mass is 19.4. The minimum absolute atomic E-state index is 0.101. The van der Waals surface area contributed by atoms with Crippen LogP contribution in [0.15, 0.2) is 30.6 Å². The number of alkyl halides is 3. The molecule has 1 aliphatic heterocycles. The van der Waals surface area contributed by atoms with Crippen LogP contribution in [0.4, 0.5) is 13.2 Å². The number of hydrogen-bond donors (Lipinski definition) is 0. The third-order valence-corrected chi connectivity index (χ3v) is 9.37. The molecule has 168 valence electrons. The Morgan fingerprint density at radius 2 is 1.97 bits per heavy atom. The highest BCUT2D eigenvalue weighted by Crippen LogP contribution is 2.66. The van der Waals surface area contributed by atoms with Crippen LogP contribution >= 0.6 is 0 Å². The fourth-order valence-corrected chi connectivity index (χ4v) is 8.03. The number of carbonyl (C=O) groups excluding carboxylic acids is 1. The lowest BCUT2D eigenvalue weighted by molar-refractivity contribution is -0.200. The third-order valence-electron chi connectivity index (χ3n) is 9.37. The molecule has 2 heterocycles. The second-order valence-electron chi connectivity index (χ2n) is 10.6.